The van der Waals surface area contributed by atoms with Gasteiger partial charge >= 0.3 is 0 Å². The summed E-state index contributed by atoms with van der Waals surface area (Å²) in [4.78, 5) is 13.5. The number of anilines is 1. The van der Waals surface area contributed by atoms with Crippen molar-refractivity contribution >= 4 is 11.7 Å². The Morgan fingerprint density at radius 1 is 1.05 bits per heavy atom. The number of hydrogen-bond donors (Lipinski definition) is 2. The zero-order valence-electron chi connectivity index (χ0n) is 12.5. The molecule has 0 atom stereocenters. The number of amidine groups is 1. The molecule has 6 nitrogen and oxygen atoms in total. The highest BCUT2D eigenvalue weighted by molar-refractivity contribution is 5.92. The molecule has 0 saturated carbocycles. The molecule has 21 heavy (non-hydrogen) atoms. The molecule has 3 heterocycles. The van der Waals surface area contributed by atoms with Gasteiger partial charge in [-0.2, -0.15) is 0 Å². The van der Waals surface area contributed by atoms with Gasteiger partial charge in [-0.05, 0) is 38.8 Å². The summed E-state index contributed by atoms with van der Waals surface area (Å²) in [5.74, 6) is 0.870. The molecule has 3 rings (SSSR count). The Labute approximate surface area is 125 Å². The van der Waals surface area contributed by atoms with E-state index < -0.39 is 0 Å². The van der Waals surface area contributed by atoms with E-state index in [9.17, 15) is 0 Å². The summed E-state index contributed by atoms with van der Waals surface area (Å²) in [5, 5.41) is 7.35. The molecule has 6 heteroatoms. The van der Waals surface area contributed by atoms with Gasteiger partial charge in [0.1, 0.15) is 17.3 Å². The molecule has 2 fully saturated rings. The molecule has 0 aromatic carbocycles. The van der Waals surface area contributed by atoms with E-state index in [0.717, 1.165) is 24.9 Å². The summed E-state index contributed by atoms with van der Waals surface area (Å²) >= 11 is 0. The maximum atomic E-state index is 7.35. The summed E-state index contributed by atoms with van der Waals surface area (Å²) in [6.07, 6.45) is 9.85. The summed E-state index contributed by atoms with van der Waals surface area (Å²) in [6, 6.07) is 0.742. The molecule has 0 amide bonds. The lowest BCUT2D eigenvalue weighted by Crippen LogP contribution is -2.47. The molecule has 2 aliphatic rings. The van der Waals surface area contributed by atoms with Crippen molar-refractivity contribution in [2.24, 2.45) is 5.73 Å². The van der Waals surface area contributed by atoms with Crippen molar-refractivity contribution < 1.29 is 0 Å². The first kappa shape index (κ1) is 14.3. The van der Waals surface area contributed by atoms with Crippen LogP contribution in [-0.4, -0.2) is 52.9 Å². The lowest BCUT2D eigenvalue weighted by molar-refractivity contribution is 0.141. The Kier molecular flexibility index (Phi) is 4.34. The fourth-order valence-electron chi connectivity index (χ4n) is 3.37. The maximum Gasteiger partial charge on any atom is 0.147 e. The van der Waals surface area contributed by atoms with Crippen LogP contribution in [0.4, 0.5) is 5.82 Å². The second-order valence-electron chi connectivity index (χ2n) is 5.99. The molecule has 114 valence electrons. The summed E-state index contributed by atoms with van der Waals surface area (Å²) in [7, 11) is 0. The highest BCUT2D eigenvalue weighted by atomic mass is 15.2. The quantitative estimate of drug-likeness (QED) is 0.645. The largest absolute Gasteiger partial charge is 0.382 e. The van der Waals surface area contributed by atoms with Crippen molar-refractivity contribution in [1.82, 2.24) is 14.9 Å². The van der Waals surface area contributed by atoms with Gasteiger partial charge in [-0.25, -0.2) is 9.97 Å². The third-order valence-corrected chi connectivity index (χ3v) is 4.61. The topological polar surface area (TPSA) is 82.1 Å². The van der Waals surface area contributed by atoms with Crippen LogP contribution in [0.3, 0.4) is 0 Å². The smallest absolute Gasteiger partial charge is 0.147 e. The standard InChI is InChI=1S/C15H24N6/c16-15(17)13-10-19-14(11-18-13)21-8-4-12(5-9-21)20-6-2-1-3-7-20/h10-12H,1-9H2,(H3,16,17). The van der Waals surface area contributed by atoms with Crippen LogP contribution in [-0.2, 0) is 0 Å². The van der Waals surface area contributed by atoms with E-state index in [0.29, 0.717) is 5.69 Å². The van der Waals surface area contributed by atoms with Gasteiger partial charge in [-0.15, -0.1) is 0 Å². The highest BCUT2D eigenvalue weighted by Crippen LogP contribution is 2.23. The first-order chi connectivity index (χ1) is 10.2. The van der Waals surface area contributed by atoms with Gasteiger partial charge in [0.05, 0.1) is 12.4 Å². The molecular formula is C15H24N6. The number of hydrogen-bond acceptors (Lipinski definition) is 5. The summed E-state index contributed by atoms with van der Waals surface area (Å²) in [5.41, 5.74) is 5.85. The fourth-order valence-corrected chi connectivity index (χ4v) is 3.37. The Balaban J connectivity index is 1.56. The lowest BCUT2D eigenvalue weighted by Gasteiger charge is -2.40. The van der Waals surface area contributed by atoms with Gasteiger partial charge in [0.2, 0.25) is 0 Å². The van der Waals surface area contributed by atoms with Gasteiger partial charge in [-0.1, -0.05) is 6.42 Å². The number of piperidine rings is 2. The molecule has 3 N–H and O–H groups in total. The van der Waals surface area contributed by atoms with Gasteiger partial charge in [-0.3, -0.25) is 5.41 Å². The first-order valence-electron chi connectivity index (χ1n) is 7.89. The van der Waals surface area contributed by atoms with Gasteiger partial charge in [0, 0.05) is 19.1 Å². The van der Waals surface area contributed by atoms with Crippen LogP contribution < -0.4 is 10.6 Å². The van der Waals surface area contributed by atoms with Crippen LogP contribution >= 0.6 is 0 Å². The number of likely N-dealkylation sites (tertiary alicyclic amines) is 1. The maximum absolute atomic E-state index is 7.35. The number of nitrogens with one attached hydrogen (secondary N) is 1. The number of nitrogens with two attached hydrogens (primary N) is 1. The van der Waals surface area contributed by atoms with Crippen molar-refractivity contribution in [1.29, 1.82) is 5.41 Å². The van der Waals surface area contributed by atoms with Gasteiger partial charge in [0.25, 0.3) is 0 Å². The SMILES string of the molecule is N=C(N)c1cnc(N2CCC(N3CCCCC3)CC2)cn1. The van der Waals surface area contributed by atoms with Crippen LogP contribution in [0.15, 0.2) is 12.4 Å². The van der Waals surface area contributed by atoms with E-state index in [-0.39, 0.29) is 5.84 Å². The fraction of sp³-hybridized carbons (Fsp3) is 0.667. The van der Waals surface area contributed by atoms with Gasteiger partial charge < -0.3 is 15.5 Å². The molecule has 0 spiro atoms. The minimum atomic E-state index is -0.0298. The van der Waals surface area contributed by atoms with Crippen LogP contribution in [0.5, 0.6) is 0 Å². The predicted octanol–water partition coefficient (Wildman–Crippen LogP) is 1.22. The summed E-state index contributed by atoms with van der Waals surface area (Å²) < 4.78 is 0. The van der Waals surface area contributed by atoms with Crippen LogP contribution in [0, 0.1) is 5.41 Å². The molecule has 0 bridgehead atoms. The van der Waals surface area contributed by atoms with Crippen molar-refractivity contribution in [3.05, 3.63) is 18.1 Å². The Hall–Kier alpha value is -1.69. The number of nitrogen functional groups attached to an aromatic ring is 1. The lowest BCUT2D eigenvalue weighted by atomic mass is 10.00. The minimum Gasteiger partial charge on any atom is -0.382 e. The zero-order chi connectivity index (χ0) is 14.7. The van der Waals surface area contributed by atoms with E-state index >= 15 is 0 Å². The second kappa shape index (κ2) is 6.39. The zero-order valence-corrected chi connectivity index (χ0v) is 12.5. The molecule has 0 radical (unpaired) electrons. The second-order valence-corrected chi connectivity index (χ2v) is 5.99. The Morgan fingerprint density at radius 2 is 1.76 bits per heavy atom. The normalized spacial score (nSPS) is 21.4. The molecule has 0 aliphatic carbocycles. The van der Waals surface area contributed by atoms with Crippen molar-refractivity contribution in [2.45, 2.75) is 38.1 Å². The molecule has 0 unspecified atom stereocenters. The average Bonchev–Trinajstić information content (AvgIpc) is 2.56. The highest BCUT2D eigenvalue weighted by Gasteiger charge is 2.26. The average molecular weight is 288 g/mol. The third-order valence-electron chi connectivity index (χ3n) is 4.61. The van der Waals surface area contributed by atoms with Crippen LogP contribution in [0.1, 0.15) is 37.8 Å². The molecule has 2 saturated heterocycles. The number of aromatic nitrogens is 2. The van der Waals surface area contributed by atoms with E-state index in [4.69, 9.17) is 11.1 Å². The van der Waals surface area contributed by atoms with Crippen molar-refractivity contribution in [2.75, 3.05) is 31.1 Å². The van der Waals surface area contributed by atoms with E-state index in [1.54, 1.807) is 12.4 Å². The van der Waals surface area contributed by atoms with Crippen molar-refractivity contribution in [3.63, 3.8) is 0 Å². The van der Waals surface area contributed by atoms with Crippen LogP contribution in [0.2, 0.25) is 0 Å². The Bertz CT molecular complexity index is 471. The van der Waals surface area contributed by atoms with E-state index in [2.05, 4.69) is 19.8 Å². The summed E-state index contributed by atoms with van der Waals surface area (Å²) in [6.45, 7) is 4.63. The van der Waals surface area contributed by atoms with E-state index in [1.807, 2.05) is 0 Å². The molecule has 1 aromatic rings. The molecule has 1 aromatic heterocycles. The van der Waals surface area contributed by atoms with Crippen LogP contribution in [0.25, 0.3) is 0 Å². The molecular weight excluding hydrogens is 264 g/mol. The van der Waals surface area contributed by atoms with E-state index in [1.165, 1.54) is 45.2 Å². The number of nitrogens with zero attached hydrogens (tertiary/aromatic N) is 4. The minimum absolute atomic E-state index is 0.0298. The molecule has 2 aliphatic heterocycles. The monoisotopic (exact) mass is 288 g/mol. The number of rotatable bonds is 3. The predicted molar refractivity (Wildman–Crippen MR) is 83.7 cm³/mol. The first-order valence-corrected chi connectivity index (χ1v) is 7.89. The van der Waals surface area contributed by atoms with Gasteiger partial charge in [0.15, 0.2) is 0 Å². The van der Waals surface area contributed by atoms with Crippen molar-refractivity contribution in [3.8, 4) is 0 Å². The Morgan fingerprint density at radius 3 is 2.33 bits per heavy atom. The third kappa shape index (κ3) is 3.32.